The van der Waals surface area contributed by atoms with E-state index in [4.69, 9.17) is 0 Å². The van der Waals surface area contributed by atoms with Crippen molar-refractivity contribution in [1.82, 2.24) is 0 Å². The molecule has 0 radical (unpaired) electrons. The van der Waals surface area contributed by atoms with Gasteiger partial charge in [-0.05, 0) is 81.3 Å². The summed E-state index contributed by atoms with van der Waals surface area (Å²) in [5.41, 5.74) is 3.78. The molecule has 1 aliphatic carbocycles. The van der Waals surface area contributed by atoms with Crippen LogP contribution in [-0.2, 0) is 9.59 Å². The average molecular weight is 392 g/mol. The van der Waals surface area contributed by atoms with E-state index in [-0.39, 0.29) is 11.8 Å². The Labute approximate surface area is 172 Å². The second kappa shape index (κ2) is 7.90. The van der Waals surface area contributed by atoms with Gasteiger partial charge in [0.1, 0.15) is 5.41 Å². The molecule has 2 N–H and O–H groups in total. The summed E-state index contributed by atoms with van der Waals surface area (Å²) in [6.07, 6.45) is 4.94. The van der Waals surface area contributed by atoms with Crippen LogP contribution >= 0.6 is 0 Å². The molecule has 1 heterocycles. The lowest BCUT2D eigenvalue weighted by Gasteiger charge is -2.28. The first-order valence-corrected chi connectivity index (χ1v) is 10.5. The fourth-order valence-electron chi connectivity index (χ4n) is 4.09. The van der Waals surface area contributed by atoms with Crippen LogP contribution in [0.2, 0.25) is 0 Å². The standard InChI is InChI=1S/C24H29N3O2/c1-17-7-6-8-18(2)21(17)26-23(29)24(13-14-24)22(28)25-19-9-11-20(12-10-19)27-15-4-3-5-16-27/h6-12H,3-5,13-16H2,1-2H3,(H,25,28)(H,26,29). The fraction of sp³-hybridized carbons (Fsp3) is 0.417. The number of carbonyl (C=O) groups is 2. The largest absolute Gasteiger partial charge is 0.372 e. The molecule has 0 aromatic heterocycles. The molecule has 4 rings (SSSR count). The maximum Gasteiger partial charge on any atom is 0.240 e. The minimum atomic E-state index is -0.958. The molecule has 0 atom stereocenters. The molecule has 29 heavy (non-hydrogen) atoms. The van der Waals surface area contributed by atoms with E-state index in [2.05, 4.69) is 27.7 Å². The Morgan fingerprint density at radius 2 is 1.41 bits per heavy atom. The molecule has 2 aromatic rings. The number of hydrogen-bond donors (Lipinski definition) is 2. The summed E-state index contributed by atoms with van der Waals surface area (Å²) >= 11 is 0. The van der Waals surface area contributed by atoms with Crippen LogP contribution in [-0.4, -0.2) is 24.9 Å². The van der Waals surface area contributed by atoms with Crippen LogP contribution in [0.4, 0.5) is 17.1 Å². The zero-order valence-corrected chi connectivity index (χ0v) is 17.3. The molecule has 2 aromatic carbocycles. The maximum atomic E-state index is 12.9. The maximum absolute atomic E-state index is 12.9. The molecule has 1 saturated heterocycles. The van der Waals surface area contributed by atoms with Crippen molar-refractivity contribution in [1.29, 1.82) is 0 Å². The van der Waals surface area contributed by atoms with Crippen molar-refractivity contribution in [3.8, 4) is 0 Å². The average Bonchev–Trinajstić information content (AvgIpc) is 3.54. The second-order valence-electron chi connectivity index (χ2n) is 8.35. The van der Waals surface area contributed by atoms with E-state index in [1.165, 1.54) is 24.9 Å². The first-order chi connectivity index (χ1) is 14.0. The Morgan fingerprint density at radius 1 is 0.828 bits per heavy atom. The van der Waals surface area contributed by atoms with Crippen molar-refractivity contribution in [3.63, 3.8) is 0 Å². The van der Waals surface area contributed by atoms with E-state index in [1.54, 1.807) is 0 Å². The van der Waals surface area contributed by atoms with Gasteiger partial charge >= 0.3 is 0 Å². The summed E-state index contributed by atoms with van der Waals surface area (Å²) in [7, 11) is 0. The first-order valence-electron chi connectivity index (χ1n) is 10.5. The van der Waals surface area contributed by atoms with Crippen LogP contribution in [0.1, 0.15) is 43.2 Å². The van der Waals surface area contributed by atoms with Gasteiger partial charge in [-0.25, -0.2) is 0 Å². The number of carbonyl (C=O) groups excluding carboxylic acids is 2. The molecule has 0 bridgehead atoms. The number of para-hydroxylation sites is 1. The summed E-state index contributed by atoms with van der Waals surface area (Å²) < 4.78 is 0. The molecule has 2 aliphatic rings. The third-order valence-corrected chi connectivity index (χ3v) is 6.19. The lowest BCUT2D eigenvalue weighted by atomic mass is 10.0. The third-order valence-electron chi connectivity index (χ3n) is 6.19. The van der Waals surface area contributed by atoms with E-state index < -0.39 is 5.41 Å². The second-order valence-corrected chi connectivity index (χ2v) is 8.35. The number of nitrogens with one attached hydrogen (secondary N) is 2. The van der Waals surface area contributed by atoms with Crippen LogP contribution in [0.3, 0.4) is 0 Å². The Hall–Kier alpha value is -2.82. The topological polar surface area (TPSA) is 61.4 Å². The van der Waals surface area contributed by atoms with Gasteiger partial charge in [-0.15, -0.1) is 0 Å². The van der Waals surface area contributed by atoms with Crippen LogP contribution < -0.4 is 15.5 Å². The first kappa shape index (κ1) is 19.5. The van der Waals surface area contributed by atoms with Crippen molar-refractivity contribution >= 4 is 28.9 Å². The van der Waals surface area contributed by atoms with E-state index in [9.17, 15) is 9.59 Å². The number of hydrogen-bond acceptors (Lipinski definition) is 3. The van der Waals surface area contributed by atoms with E-state index >= 15 is 0 Å². The molecule has 5 nitrogen and oxygen atoms in total. The highest BCUT2D eigenvalue weighted by Gasteiger charge is 2.56. The normalized spacial score (nSPS) is 17.5. The highest BCUT2D eigenvalue weighted by atomic mass is 16.2. The van der Waals surface area contributed by atoms with Crippen LogP contribution in [0.15, 0.2) is 42.5 Å². The molecule has 1 aliphatic heterocycles. The molecule has 1 saturated carbocycles. The summed E-state index contributed by atoms with van der Waals surface area (Å²) in [6, 6.07) is 13.9. The molecule has 0 unspecified atom stereocenters. The van der Waals surface area contributed by atoms with Crippen molar-refractivity contribution in [3.05, 3.63) is 53.6 Å². The van der Waals surface area contributed by atoms with Gasteiger partial charge in [-0.3, -0.25) is 9.59 Å². The Bertz CT molecular complexity index is 890. The van der Waals surface area contributed by atoms with Crippen LogP contribution in [0.5, 0.6) is 0 Å². The zero-order valence-electron chi connectivity index (χ0n) is 17.3. The predicted molar refractivity (Wildman–Crippen MR) is 117 cm³/mol. The van der Waals surface area contributed by atoms with Crippen molar-refractivity contribution < 1.29 is 9.59 Å². The lowest BCUT2D eigenvalue weighted by Crippen LogP contribution is -2.36. The SMILES string of the molecule is Cc1cccc(C)c1NC(=O)C1(C(=O)Nc2ccc(N3CCCCC3)cc2)CC1. The minimum Gasteiger partial charge on any atom is -0.372 e. The number of nitrogens with zero attached hydrogens (tertiary/aromatic N) is 1. The van der Waals surface area contributed by atoms with Crippen molar-refractivity contribution in [2.75, 3.05) is 28.6 Å². The molecule has 2 amide bonds. The molecular formula is C24H29N3O2. The quantitative estimate of drug-likeness (QED) is 0.729. The minimum absolute atomic E-state index is 0.211. The summed E-state index contributed by atoms with van der Waals surface area (Å²) in [5, 5.41) is 5.95. The highest BCUT2D eigenvalue weighted by Crippen LogP contribution is 2.47. The van der Waals surface area contributed by atoms with Gasteiger partial charge in [0.2, 0.25) is 11.8 Å². The van der Waals surface area contributed by atoms with Crippen LogP contribution in [0.25, 0.3) is 0 Å². The molecular weight excluding hydrogens is 362 g/mol. The smallest absolute Gasteiger partial charge is 0.240 e. The Balaban J connectivity index is 1.41. The lowest BCUT2D eigenvalue weighted by molar-refractivity contribution is -0.131. The predicted octanol–water partition coefficient (Wildman–Crippen LogP) is 4.65. The number of aryl methyl sites for hydroxylation is 2. The van der Waals surface area contributed by atoms with E-state index in [0.717, 1.165) is 35.6 Å². The molecule has 2 fully saturated rings. The summed E-state index contributed by atoms with van der Waals surface area (Å²) in [5.74, 6) is -0.427. The number of rotatable bonds is 5. The van der Waals surface area contributed by atoms with Gasteiger partial charge in [-0.1, -0.05) is 18.2 Å². The van der Waals surface area contributed by atoms with Gasteiger partial charge < -0.3 is 15.5 Å². The highest BCUT2D eigenvalue weighted by molar-refractivity contribution is 6.17. The summed E-state index contributed by atoms with van der Waals surface area (Å²) in [6.45, 7) is 6.11. The Kier molecular flexibility index (Phi) is 5.31. The van der Waals surface area contributed by atoms with Gasteiger partial charge in [-0.2, -0.15) is 0 Å². The number of anilines is 3. The molecule has 5 heteroatoms. The number of benzene rings is 2. The monoisotopic (exact) mass is 391 g/mol. The third kappa shape index (κ3) is 4.00. The fourth-order valence-corrected chi connectivity index (χ4v) is 4.09. The number of amides is 2. The van der Waals surface area contributed by atoms with Gasteiger partial charge in [0.15, 0.2) is 0 Å². The summed E-state index contributed by atoms with van der Waals surface area (Å²) in [4.78, 5) is 28.2. The zero-order chi connectivity index (χ0) is 20.4. The van der Waals surface area contributed by atoms with E-state index in [1.807, 2.05) is 44.2 Å². The van der Waals surface area contributed by atoms with Crippen molar-refractivity contribution in [2.45, 2.75) is 46.0 Å². The van der Waals surface area contributed by atoms with E-state index in [0.29, 0.717) is 12.8 Å². The van der Waals surface area contributed by atoms with Gasteiger partial charge in [0.05, 0.1) is 0 Å². The number of piperidine rings is 1. The van der Waals surface area contributed by atoms with Gasteiger partial charge in [0.25, 0.3) is 0 Å². The Morgan fingerprint density at radius 3 is 2.00 bits per heavy atom. The van der Waals surface area contributed by atoms with Crippen molar-refractivity contribution in [2.24, 2.45) is 5.41 Å². The molecule has 0 spiro atoms. The van der Waals surface area contributed by atoms with Gasteiger partial charge in [0, 0.05) is 30.2 Å². The molecule has 152 valence electrons. The van der Waals surface area contributed by atoms with Crippen LogP contribution in [0, 0.1) is 19.3 Å².